The van der Waals surface area contributed by atoms with E-state index in [1.165, 1.54) is 0 Å². The Morgan fingerprint density at radius 1 is 1.38 bits per heavy atom. The maximum atomic E-state index is 12.0. The third kappa shape index (κ3) is 1.82. The van der Waals surface area contributed by atoms with E-state index >= 15 is 0 Å². The van der Waals surface area contributed by atoms with Crippen molar-refractivity contribution in [2.45, 2.75) is 37.6 Å². The molecule has 0 aromatic carbocycles. The van der Waals surface area contributed by atoms with E-state index in [0.29, 0.717) is 6.42 Å². The number of aliphatic hydroxyl groups excluding tert-OH is 2. The largest absolute Gasteiger partial charge is 0.459 e. The molecule has 116 valence electrons. The molecule has 7 atom stereocenters. The average molecular weight is 296 g/mol. The van der Waals surface area contributed by atoms with E-state index < -0.39 is 36.3 Å². The number of hydrogen-bond donors (Lipinski definition) is 3. The zero-order valence-corrected chi connectivity index (χ0v) is 11.9. The van der Waals surface area contributed by atoms with E-state index in [2.05, 4.69) is 6.58 Å². The van der Waals surface area contributed by atoms with Gasteiger partial charge in [0, 0.05) is 18.3 Å². The SMILES string of the molecule is C=C1C[C@H](O)[C@@H]2[C@H](OC(=O)[C@]2(O)CO)[C@H]2[C@H](C)C(=O)C[C@@H]12. The van der Waals surface area contributed by atoms with Crippen molar-refractivity contribution in [1.82, 2.24) is 0 Å². The average Bonchev–Trinajstić information content (AvgIpc) is 2.82. The van der Waals surface area contributed by atoms with Gasteiger partial charge in [-0.05, 0) is 12.3 Å². The molecule has 3 N–H and O–H groups in total. The molecule has 0 aromatic heterocycles. The first kappa shape index (κ1) is 14.7. The lowest BCUT2D eigenvalue weighted by atomic mass is 9.75. The van der Waals surface area contributed by atoms with Crippen molar-refractivity contribution >= 4 is 11.8 Å². The maximum Gasteiger partial charge on any atom is 0.341 e. The maximum absolute atomic E-state index is 12.0. The van der Waals surface area contributed by atoms with Crippen molar-refractivity contribution in [3.05, 3.63) is 12.2 Å². The van der Waals surface area contributed by atoms with Gasteiger partial charge in [-0.15, -0.1) is 0 Å². The molecule has 0 radical (unpaired) electrons. The van der Waals surface area contributed by atoms with Crippen molar-refractivity contribution in [2.75, 3.05) is 6.61 Å². The molecule has 3 fully saturated rings. The molecule has 6 nitrogen and oxygen atoms in total. The molecule has 0 amide bonds. The second-order valence-corrected chi connectivity index (χ2v) is 6.55. The summed E-state index contributed by atoms with van der Waals surface area (Å²) < 4.78 is 5.30. The molecule has 0 unspecified atom stereocenters. The number of aliphatic hydroxyl groups is 3. The molecular weight excluding hydrogens is 276 g/mol. The molecule has 1 saturated heterocycles. The molecule has 3 aliphatic rings. The van der Waals surface area contributed by atoms with Crippen LogP contribution in [0.5, 0.6) is 0 Å². The predicted octanol–water partition coefficient (Wildman–Crippen LogP) is -0.587. The molecule has 6 heteroatoms. The summed E-state index contributed by atoms with van der Waals surface area (Å²) in [5.41, 5.74) is -1.36. The Kier molecular flexibility index (Phi) is 3.24. The van der Waals surface area contributed by atoms with Gasteiger partial charge in [0.2, 0.25) is 0 Å². The van der Waals surface area contributed by atoms with Crippen LogP contribution in [0.25, 0.3) is 0 Å². The molecule has 2 saturated carbocycles. The number of rotatable bonds is 1. The first-order valence-corrected chi connectivity index (χ1v) is 7.24. The van der Waals surface area contributed by atoms with Gasteiger partial charge in [0.05, 0.1) is 18.6 Å². The first-order valence-electron chi connectivity index (χ1n) is 7.24. The van der Waals surface area contributed by atoms with Gasteiger partial charge in [0.15, 0.2) is 5.60 Å². The van der Waals surface area contributed by atoms with Crippen molar-refractivity contribution in [3.63, 3.8) is 0 Å². The molecule has 2 aliphatic carbocycles. The van der Waals surface area contributed by atoms with Gasteiger partial charge in [0.25, 0.3) is 0 Å². The smallest absolute Gasteiger partial charge is 0.341 e. The fourth-order valence-electron chi connectivity index (χ4n) is 4.31. The number of ether oxygens (including phenoxy) is 1. The van der Waals surface area contributed by atoms with Gasteiger partial charge in [-0.25, -0.2) is 4.79 Å². The minimum absolute atomic E-state index is 0.0803. The van der Waals surface area contributed by atoms with Gasteiger partial charge in [-0.1, -0.05) is 19.1 Å². The summed E-state index contributed by atoms with van der Waals surface area (Å²) in [7, 11) is 0. The van der Waals surface area contributed by atoms with Crippen molar-refractivity contribution < 1.29 is 29.6 Å². The number of ketones is 1. The van der Waals surface area contributed by atoms with Crippen LogP contribution in [-0.2, 0) is 14.3 Å². The molecule has 0 spiro atoms. The Labute approximate surface area is 122 Å². The number of hydrogen-bond acceptors (Lipinski definition) is 6. The summed E-state index contributed by atoms with van der Waals surface area (Å²) >= 11 is 0. The van der Waals surface area contributed by atoms with Crippen LogP contribution in [0.2, 0.25) is 0 Å². The minimum atomic E-state index is -2.11. The highest BCUT2D eigenvalue weighted by atomic mass is 16.6. The second-order valence-electron chi connectivity index (χ2n) is 6.55. The normalized spacial score (nSPS) is 49.6. The highest BCUT2D eigenvalue weighted by molar-refractivity contribution is 5.86. The summed E-state index contributed by atoms with van der Waals surface area (Å²) in [6.45, 7) is 4.93. The predicted molar refractivity (Wildman–Crippen MR) is 70.9 cm³/mol. The Morgan fingerprint density at radius 3 is 2.67 bits per heavy atom. The molecule has 1 aliphatic heterocycles. The first-order chi connectivity index (χ1) is 9.81. The molecule has 0 bridgehead atoms. The van der Waals surface area contributed by atoms with Crippen LogP contribution >= 0.6 is 0 Å². The van der Waals surface area contributed by atoms with Crippen LogP contribution in [0.3, 0.4) is 0 Å². The van der Waals surface area contributed by atoms with Crippen molar-refractivity contribution in [1.29, 1.82) is 0 Å². The summed E-state index contributed by atoms with van der Waals surface area (Å²) in [5.74, 6) is -2.54. The van der Waals surface area contributed by atoms with Gasteiger partial charge in [-0.2, -0.15) is 0 Å². The van der Waals surface area contributed by atoms with E-state index in [1.54, 1.807) is 6.92 Å². The summed E-state index contributed by atoms with van der Waals surface area (Å²) in [6.07, 6.45) is -1.27. The van der Waals surface area contributed by atoms with Gasteiger partial charge in [-0.3, -0.25) is 4.79 Å². The Hall–Kier alpha value is -1.24. The molecule has 3 rings (SSSR count). The molecule has 1 heterocycles. The fraction of sp³-hybridized carbons (Fsp3) is 0.733. The number of fused-ring (bicyclic) bond motifs is 3. The van der Waals surface area contributed by atoms with E-state index in [1.807, 2.05) is 0 Å². The number of esters is 1. The standard InChI is InChI=1S/C15H20O6/c1-6-3-10(18)12-13(21-14(19)15(12,20)5-16)11-7(2)9(17)4-8(6)11/h7-8,10-13,16,18,20H,1,3-5H2,2H3/t7-,8+,10+,11+,12-,13-,15+/m1/s1. The van der Waals surface area contributed by atoms with Gasteiger partial charge < -0.3 is 20.1 Å². The number of carbonyl (C=O) groups is 2. The number of Topliss-reactive ketones (excluding diaryl/α,β-unsaturated/α-hetero) is 1. The van der Waals surface area contributed by atoms with Crippen molar-refractivity contribution in [2.24, 2.45) is 23.7 Å². The van der Waals surface area contributed by atoms with Gasteiger partial charge >= 0.3 is 5.97 Å². The highest BCUT2D eigenvalue weighted by Crippen LogP contribution is 2.52. The Morgan fingerprint density at radius 2 is 2.05 bits per heavy atom. The second kappa shape index (κ2) is 4.63. The molecule has 0 aromatic rings. The summed E-state index contributed by atoms with van der Waals surface area (Å²) in [5, 5.41) is 30.2. The van der Waals surface area contributed by atoms with Crippen LogP contribution in [0, 0.1) is 23.7 Å². The van der Waals surface area contributed by atoms with Crippen LogP contribution in [0.1, 0.15) is 19.8 Å². The Bertz CT molecular complexity index is 514. The highest BCUT2D eigenvalue weighted by Gasteiger charge is 2.65. The zero-order valence-electron chi connectivity index (χ0n) is 11.9. The van der Waals surface area contributed by atoms with Crippen LogP contribution in [0.15, 0.2) is 12.2 Å². The van der Waals surface area contributed by atoms with Crippen LogP contribution in [-0.4, -0.2) is 51.5 Å². The van der Waals surface area contributed by atoms with Crippen LogP contribution in [0.4, 0.5) is 0 Å². The lowest BCUT2D eigenvalue weighted by Crippen LogP contribution is -2.51. The zero-order chi connectivity index (χ0) is 15.5. The summed E-state index contributed by atoms with van der Waals surface area (Å²) in [4.78, 5) is 24.0. The molecular formula is C15H20O6. The number of carbonyl (C=O) groups excluding carboxylic acids is 2. The van der Waals surface area contributed by atoms with Gasteiger partial charge in [0.1, 0.15) is 11.9 Å². The summed E-state index contributed by atoms with van der Waals surface area (Å²) in [6, 6.07) is 0. The lowest BCUT2D eigenvalue weighted by Gasteiger charge is -2.31. The van der Waals surface area contributed by atoms with E-state index in [-0.39, 0.29) is 30.0 Å². The Balaban J connectivity index is 2.07. The third-order valence-corrected chi connectivity index (χ3v) is 5.50. The van der Waals surface area contributed by atoms with E-state index in [0.717, 1.165) is 5.57 Å². The fourth-order valence-corrected chi connectivity index (χ4v) is 4.31. The topological polar surface area (TPSA) is 104 Å². The molecule has 21 heavy (non-hydrogen) atoms. The minimum Gasteiger partial charge on any atom is -0.459 e. The monoisotopic (exact) mass is 296 g/mol. The van der Waals surface area contributed by atoms with E-state index in [4.69, 9.17) is 4.74 Å². The third-order valence-electron chi connectivity index (χ3n) is 5.50. The van der Waals surface area contributed by atoms with Crippen LogP contribution < -0.4 is 0 Å². The lowest BCUT2D eigenvalue weighted by molar-refractivity contribution is -0.161. The van der Waals surface area contributed by atoms with Crippen molar-refractivity contribution in [3.8, 4) is 0 Å². The van der Waals surface area contributed by atoms with E-state index in [9.17, 15) is 24.9 Å². The quantitative estimate of drug-likeness (QED) is 0.441.